The van der Waals surface area contributed by atoms with Gasteiger partial charge in [0.05, 0.1) is 6.04 Å². The van der Waals surface area contributed by atoms with Gasteiger partial charge in [-0.3, -0.25) is 0 Å². The van der Waals surface area contributed by atoms with Gasteiger partial charge in [0.25, 0.3) is 0 Å². The molecule has 1 N–H and O–H groups in total. The zero-order valence-electron chi connectivity index (χ0n) is 10.1. The van der Waals surface area contributed by atoms with Crippen LogP contribution in [0, 0.1) is 5.92 Å². The van der Waals surface area contributed by atoms with E-state index in [1.807, 2.05) is 7.05 Å². The SMILES string of the molecule is CCC(C)Cc1nnc(C(CC)NC)o1. The van der Waals surface area contributed by atoms with E-state index in [0.717, 1.165) is 25.2 Å². The van der Waals surface area contributed by atoms with E-state index in [2.05, 4.69) is 36.3 Å². The van der Waals surface area contributed by atoms with Gasteiger partial charge in [-0.15, -0.1) is 10.2 Å². The van der Waals surface area contributed by atoms with Gasteiger partial charge in [-0.1, -0.05) is 27.2 Å². The normalized spacial score (nSPS) is 15.2. The van der Waals surface area contributed by atoms with Crippen LogP contribution in [0.5, 0.6) is 0 Å². The molecule has 0 bridgehead atoms. The first-order valence-corrected chi connectivity index (χ1v) is 5.70. The number of aromatic nitrogens is 2. The summed E-state index contributed by atoms with van der Waals surface area (Å²) in [6.45, 7) is 6.46. The molecule has 0 aliphatic rings. The lowest BCUT2D eigenvalue weighted by Crippen LogP contribution is -2.15. The Kier molecular flexibility index (Phi) is 4.75. The van der Waals surface area contributed by atoms with Crippen LogP contribution in [-0.4, -0.2) is 17.2 Å². The zero-order valence-corrected chi connectivity index (χ0v) is 10.1. The van der Waals surface area contributed by atoms with Gasteiger partial charge >= 0.3 is 0 Å². The second-order valence-electron chi connectivity index (χ2n) is 4.00. The Morgan fingerprint density at radius 1 is 1.27 bits per heavy atom. The average molecular weight is 211 g/mol. The van der Waals surface area contributed by atoms with E-state index in [1.165, 1.54) is 0 Å². The van der Waals surface area contributed by atoms with E-state index >= 15 is 0 Å². The molecule has 1 aromatic rings. The first kappa shape index (κ1) is 12.2. The van der Waals surface area contributed by atoms with Crippen LogP contribution in [-0.2, 0) is 6.42 Å². The van der Waals surface area contributed by atoms with Crippen molar-refractivity contribution in [3.63, 3.8) is 0 Å². The summed E-state index contributed by atoms with van der Waals surface area (Å²) in [6, 6.07) is 0.184. The molecule has 86 valence electrons. The van der Waals surface area contributed by atoms with Crippen LogP contribution < -0.4 is 5.32 Å². The van der Waals surface area contributed by atoms with Crippen molar-refractivity contribution in [3.05, 3.63) is 11.8 Å². The Balaban J connectivity index is 2.63. The first-order valence-electron chi connectivity index (χ1n) is 5.70. The van der Waals surface area contributed by atoms with E-state index in [-0.39, 0.29) is 6.04 Å². The molecule has 1 rings (SSSR count). The highest BCUT2D eigenvalue weighted by Crippen LogP contribution is 2.16. The molecule has 0 saturated carbocycles. The van der Waals surface area contributed by atoms with Crippen LogP contribution in [0.3, 0.4) is 0 Å². The molecular formula is C11H21N3O. The fraction of sp³-hybridized carbons (Fsp3) is 0.818. The summed E-state index contributed by atoms with van der Waals surface area (Å²) in [5.41, 5.74) is 0. The van der Waals surface area contributed by atoms with Crippen molar-refractivity contribution < 1.29 is 4.42 Å². The molecule has 0 radical (unpaired) electrons. The number of nitrogens with zero attached hydrogens (tertiary/aromatic N) is 2. The largest absolute Gasteiger partial charge is 0.424 e. The van der Waals surface area contributed by atoms with Crippen LogP contribution in [0.15, 0.2) is 4.42 Å². The van der Waals surface area contributed by atoms with Gasteiger partial charge in [-0.05, 0) is 19.4 Å². The molecule has 0 aliphatic heterocycles. The van der Waals surface area contributed by atoms with E-state index in [1.54, 1.807) is 0 Å². The number of rotatable bonds is 6. The summed E-state index contributed by atoms with van der Waals surface area (Å²) in [4.78, 5) is 0. The average Bonchev–Trinajstić information content (AvgIpc) is 2.68. The summed E-state index contributed by atoms with van der Waals surface area (Å²) in [7, 11) is 1.91. The Morgan fingerprint density at radius 3 is 2.53 bits per heavy atom. The standard InChI is InChI=1S/C11H21N3O/c1-5-8(3)7-10-13-14-11(15-10)9(6-2)12-4/h8-9,12H,5-7H2,1-4H3. The zero-order chi connectivity index (χ0) is 11.3. The van der Waals surface area contributed by atoms with Crippen molar-refractivity contribution in [1.29, 1.82) is 0 Å². The predicted octanol–water partition coefficient (Wildman–Crippen LogP) is 2.33. The van der Waals surface area contributed by atoms with Crippen molar-refractivity contribution in [2.75, 3.05) is 7.05 Å². The lowest BCUT2D eigenvalue weighted by Gasteiger charge is -2.07. The lowest BCUT2D eigenvalue weighted by molar-refractivity contribution is 0.369. The maximum atomic E-state index is 5.62. The lowest BCUT2D eigenvalue weighted by atomic mass is 10.1. The first-order chi connectivity index (χ1) is 7.21. The summed E-state index contributed by atoms with van der Waals surface area (Å²) >= 11 is 0. The van der Waals surface area contributed by atoms with Crippen molar-refractivity contribution in [2.45, 2.75) is 46.1 Å². The van der Waals surface area contributed by atoms with E-state index in [0.29, 0.717) is 11.8 Å². The summed E-state index contributed by atoms with van der Waals surface area (Å²) in [5, 5.41) is 11.3. The molecule has 1 aromatic heterocycles. The molecule has 0 spiro atoms. The fourth-order valence-electron chi connectivity index (χ4n) is 1.43. The Labute approximate surface area is 91.5 Å². The summed E-state index contributed by atoms with van der Waals surface area (Å²) in [5.74, 6) is 2.07. The minimum atomic E-state index is 0.184. The van der Waals surface area contributed by atoms with Gasteiger partial charge in [0.15, 0.2) is 0 Å². The molecule has 4 nitrogen and oxygen atoms in total. The van der Waals surface area contributed by atoms with Gasteiger partial charge in [-0.25, -0.2) is 0 Å². The smallest absolute Gasteiger partial charge is 0.233 e. The third-order valence-corrected chi connectivity index (χ3v) is 2.76. The quantitative estimate of drug-likeness (QED) is 0.784. The molecule has 2 unspecified atom stereocenters. The molecule has 2 atom stereocenters. The maximum absolute atomic E-state index is 5.62. The number of hydrogen-bond acceptors (Lipinski definition) is 4. The van der Waals surface area contributed by atoms with Gasteiger partial charge in [-0.2, -0.15) is 0 Å². The van der Waals surface area contributed by atoms with Gasteiger partial charge in [0, 0.05) is 6.42 Å². The van der Waals surface area contributed by atoms with Crippen LogP contribution in [0.1, 0.15) is 51.4 Å². The Hall–Kier alpha value is -0.900. The minimum absolute atomic E-state index is 0.184. The molecule has 1 heterocycles. The van der Waals surface area contributed by atoms with Crippen molar-refractivity contribution in [3.8, 4) is 0 Å². The van der Waals surface area contributed by atoms with Crippen LogP contribution in [0.25, 0.3) is 0 Å². The molecular weight excluding hydrogens is 190 g/mol. The molecule has 0 aromatic carbocycles. The molecule has 0 saturated heterocycles. The minimum Gasteiger partial charge on any atom is -0.424 e. The molecule has 0 aliphatic carbocycles. The number of nitrogens with one attached hydrogen (secondary N) is 1. The monoisotopic (exact) mass is 211 g/mol. The molecule has 0 fully saturated rings. The van der Waals surface area contributed by atoms with Crippen LogP contribution in [0.2, 0.25) is 0 Å². The van der Waals surface area contributed by atoms with Gasteiger partial charge < -0.3 is 9.73 Å². The third kappa shape index (κ3) is 3.30. The molecule has 15 heavy (non-hydrogen) atoms. The Morgan fingerprint density at radius 2 is 2.00 bits per heavy atom. The predicted molar refractivity (Wildman–Crippen MR) is 59.5 cm³/mol. The third-order valence-electron chi connectivity index (χ3n) is 2.76. The van der Waals surface area contributed by atoms with Crippen molar-refractivity contribution in [2.24, 2.45) is 5.92 Å². The molecule has 0 amide bonds. The van der Waals surface area contributed by atoms with E-state index in [9.17, 15) is 0 Å². The highest BCUT2D eigenvalue weighted by Gasteiger charge is 2.15. The second-order valence-corrected chi connectivity index (χ2v) is 4.00. The van der Waals surface area contributed by atoms with Crippen LogP contribution >= 0.6 is 0 Å². The van der Waals surface area contributed by atoms with Crippen molar-refractivity contribution >= 4 is 0 Å². The van der Waals surface area contributed by atoms with E-state index in [4.69, 9.17) is 4.42 Å². The number of hydrogen-bond donors (Lipinski definition) is 1. The summed E-state index contributed by atoms with van der Waals surface area (Å²) in [6.07, 6.45) is 2.98. The fourth-order valence-corrected chi connectivity index (χ4v) is 1.43. The second kappa shape index (κ2) is 5.85. The van der Waals surface area contributed by atoms with Gasteiger partial charge in [0.2, 0.25) is 11.8 Å². The van der Waals surface area contributed by atoms with Crippen molar-refractivity contribution in [1.82, 2.24) is 15.5 Å². The summed E-state index contributed by atoms with van der Waals surface area (Å²) < 4.78 is 5.62. The topological polar surface area (TPSA) is 51.0 Å². The van der Waals surface area contributed by atoms with Crippen LogP contribution in [0.4, 0.5) is 0 Å². The highest BCUT2D eigenvalue weighted by molar-refractivity contribution is 4.89. The van der Waals surface area contributed by atoms with Gasteiger partial charge in [0.1, 0.15) is 0 Å². The Bertz CT molecular complexity index is 281. The molecule has 4 heteroatoms. The van der Waals surface area contributed by atoms with E-state index < -0.39 is 0 Å². The highest BCUT2D eigenvalue weighted by atomic mass is 16.4. The maximum Gasteiger partial charge on any atom is 0.233 e.